The third-order valence-corrected chi connectivity index (χ3v) is 5.84. The van der Waals surface area contributed by atoms with Crippen molar-refractivity contribution in [2.24, 2.45) is 0 Å². The predicted molar refractivity (Wildman–Crippen MR) is 124 cm³/mol. The molecule has 0 heterocycles. The summed E-state index contributed by atoms with van der Waals surface area (Å²) in [6, 6.07) is -0.688. The molecule has 182 valence electrons. The maximum absolute atomic E-state index is 10.9. The molecule has 0 saturated carbocycles. The fourth-order valence-electron chi connectivity index (χ4n) is 3.21. The van der Waals surface area contributed by atoms with E-state index < -0.39 is 27.9 Å². The summed E-state index contributed by atoms with van der Waals surface area (Å²) >= 11 is 0. The van der Waals surface area contributed by atoms with Crippen LogP contribution in [-0.2, 0) is 14.9 Å². The molecule has 0 radical (unpaired) electrons. The Balaban J connectivity index is 0. The third-order valence-electron chi connectivity index (χ3n) is 5.05. The molecule has 0 aliphatic carbocycles. The Morgan fingerprint density at radius 3 is 1.67 bits per heavy atom. The number of carbonyl (C=O) groups is 1. The van der Waals surface area contributed by atoms with E-state index in [9.17, 15) is 17.8 Å². The lowest BCUT2D eigenvalue weighted by Crippen LogP contribution is -2.49. The summed E-state index contributed by atoms with van der Waals surface area (Å²) in [5.74, 6) is -1.48. The van der Waals surface area contributed by atoms with E-state index >= 15 is 0 Å². The monoisotopic (exact) mass is 452 g/mol. The molecule has 0 aromatic heterocycles. The van der Waals surface area contributed by atoms with Gasteiger partial charge >= 0.3 is 5.97 Å². The van der Waals surface area contributed by atoms with Crippen LogP contribution in [0, 0.1) is 0 Å². The van der Waals surface area contributed by atoms with Gasteiger partial charge in [-0.1, -0.05) is 64.7 Å². The Kier molecular flexibility index (Phi) is 18.8. The fourth-order valence-corrected chi connectivity index (χ4v) is 3.73. The first-order chi connectivity index (χ1) is 13.8. The Hall–Kier alpha value is -0.700. The topological polar surface area (TPSA) is 97.7 Å². The summed E-state index contributed by atoms with van der Waals surface area (Å²) in [6.07, 6.45) is 14.6. The molecule has 1 atom stereocenters. The van der Waals surface area contributed by atoms with Crippen LogP contribution in [0.1, 0.15) is 84.0 Å². The standard InChI is InChI=1S/C14H31N.C8H17NO5S/c1-4-5-6-7-8-9-10-11-12-13-14-15(2)3;1-9(2,3)7(8(10)11)5-4-6-15(12,13)14/h4-14H2,1-3H3;7H,4-6H2,1-3H3,(H-,10,11,12,13,14). The molecular weight excluding hydrogens is 404 g/mol. The maximum Gasteiger partial charge on any atom is 0.362 e. The normalized spacial score (nSPS) is 13.1. The summed E-state index contributed by atoms with van der Waals surface area (Å²) in [5.41, 5.74) is 0. The predicted octanol–water partition coefficient (Wildman–Crippen LogP) is 3.94. The van der Waals surface area contributed by atoms with E-state index in [4.69, 9.17) is 5.11 Å². The molecule has 0 aliphatic heterocycles. The Labute approximate surface area is 186 Å². The Morgan fingerprint density at radius 2 is 1.33 bits per heavy atom. The van der Waals surface area contributed by atoms with E-state index in [0.29, 0.717) is 0 Å². The Bertz CT molecular complexity index is 516. The highest BCUT2D eigenvalue weighted by Gasteiger charge is 2.30. The second-order valence-corrected chi connectivity index (χ2v) is 10.9. The van der Waals surface area contributed by atoms with Crippen LogP contribution < -0.4 is 0 Å². The van der Waals surface area contributed by atoms with Crippen molar-refractivity contribution in [1.82, 2.24) is 4.90 Å². The minimum Gasteiger partial charge on any atom is -0.748 e. The van der Waals surface area contributed by atoms with Crippen molar-refractivity contribution < 1.29 is 27.4 Å². The maximum atomic E-state index is 10.9. The van der Waals surface area contributed by atoms with Gasteiger partial charge in [0.2, 0.25) is 0 Å². The van der Waals surface area contributed by atoms with E-state index in [0.717, 1.165) is 0 Å². The lowest BCUT2D eigenvalue weighted by Gasteiger charge is -2.31. The second-order valence-electron chi connectivity index (χ2n) is 9.36. The van der Waals surface area contributed by atoms with Crippen molar-refractivity contribution in [3.63, 3.8) is 0 Å². The van der Waals surface area contributed by atoms with Crippen LogP contribution in [0.4, 0.5) is 0 Å². The highest BCUT2D eigenvalue weighted by atomic mass is 32.2. The van der Waals surface area contributed by atoms with Gasteiger partial charge in [-0.3, -0.25) is 0 Å². The summed E-state index contributed by atoms with van der Waals surface area (Å²) < 4.78 is 31.2. The van der Waals surface area contributed by atoms with Crippen molar-refractivity contribution in [2.75, 3.05) is 47.5 Å². The van der Waals surface area contributed by atoms with E-state index in [1.165, 1.54) is 70.8 Å². The number of carboxylic acids is 1. The molecule has 1 unspecified atom stereocenters. The molecule has 8 heteroatoms. The number of hydrogen-bond donors (Lipinski definition) is 1. The number of likely N-dealkylation sites (N-methyl/N-ethyl adjacent to an activating group) is 1. The molecular formula is C22H48N2O5S. The summed E-state index contributed by atoms with van der Waals surface area (Å²) in [5, 5.41) is 8.90. The van der Waals surface area contributed by atoms with Crippen LogP contribution in [0.25, 0.3) is 0 Å². The fraction of sp³-hybridized carbons (Fsp3) is 0.955. The number of aliphatic carboxylic acids is 1. The van der Waals surface area contributed by atoms with Crippen LogP contribution in [-0.4, -0.2) is 87.0 Å². The van der Waals surface area contributed by atoms with Gasteiger partial charge in [0.1, 0.15) is 0 Å². The number of rotatable bonds is 17. The molecule has 0 saturated heterocycles. The van der Waals surface area contributed by atoms with Crippen LogP contribution in [0.3, 0.4) is 0 Å². The molecule has 0 aromatic carbocycles. The third kappa shape index (κ3) is 23.6. The van der Waals surface area contributed by atoms with Crippen LogP contribution in [0.5, 0.6) is 0 Å². The second kappa shape index (κ2) is 17.9. The van der Waals surface area contributed by atoms with Gasteiger partial charge in [0.05, 0.1) is 31.3 Å². The van der Waals surface area contributed by atoms with Crippen molar-refractivity contribution in [3.8, 4) is 0 Å². The van der Waals surface area contributed by atoms with Gasteiger partial charge < -0.3 is 19.0 Å². The minimum absolute atomic E-state index is 0.0817. The van der Waals surface area contributed by atoms with Gasteiger partial charge in [0.25, 0.3) is 0 Å². The molecule has 0 spiro atoms. The number of quaternary nitrogens is 1. The van der Waals surface area contributed by atoms with Gasteiger partial charge in [0.15, 0.2) is 6.04 Å². The zero-order valence-corrected chi connectivity index (χ0v) is 21.2. The molecule has 7 nitrogen and oxygen atoms in total. The SMILES string of the molecule is CCCCCCCCCCCCN(C)C.C[N+](C)(C)C(CCCS(=O)(=O)[O-])C(=O)O. The average Bonchev–Trinajstić information content (AvgIpc) is 2.58. The van der Waals surface area contributed by atoms with E-state index in [-0.39, 0.29) is 17.3 Å². The molecule has 0 fully saturated rings. The van der Waals surface area contributed by atoms with Crippen LogP contribution in [0.15, 0.2) is 0 Å². The van der Waals surface area contributed by atoms with Crippen molar-refractivity contribution >= 4 is 16.1 Å². The van der Waals surface area contributed by atoms with Crippen molar-refractivity contribution in [3.05, 3.63) is 0 Å². The van der Waals surface area contributed by atoms with Gasteiger partial charge in [-0.25, -0.2) is 13.2 Å². The van der Waals surface area contributed by atoms with Gasteiger partial charge in [0, 0.05) is 12.2 Å². The molecule has 0 rings (SSSR count). The molecule has 0 amide bonds. The lowest BCUT2D eigenvalue weighted by atomic mass is 10.1. The largest absolute Gasteiger partial charge is 0.748 e. The van der Waals surface area contributed by atoms with E-state index in [1.54, 1.807) is 21.1 Å². The first-order valence-electron chi connectivity index (χ1n) is 11.4. The van der Waals surface area contributed by atoms with Gasteiger partial charge in [-0.05, 0) is 33.5 Å². The molecule has 1 N–H and O–H groups in total. The Morgan fingerprint density at radius 1 is 0.900 bits per heavy atom. The molecule has 30 heavy (non-hydrogen) atoms. The number of hydrogen-bond acceptors (Lipinski definition) is 5. The molecule has 0 bridgehead atoms. The average molecular weight is 453 g/mol. The quantitative estimate of drug-likeness (QED) is 0.204. The number of unbranched alkanes of at least 4 members (excludes halogenated alkanes) is 9. The lowest BCUT2D eigenvalue weighted by molar-refractivity contribution is -0.887. The minimum atomic E-state index is -4.24. The molecule has 0 aliphatic rings. The number of nitrogens with zero attached hydrogens (tertiary/aromatic N) is 2. The highest BCUT2D eigenvalue weighted by molar-refractivity contribution is 7.85. The summed E-state index contributed by atoms with van der Waals surface area (Å²) in [4.78, 5) is 13.1. The zero-order valence-electron chi connectivity index (χ0n) is 20.4. The summed E-state index contributed by atoms with van der Waals surface area (Å²) in [6.45, 7) is 3.54. The van der Waals surface area contributed by atoms with Crippen molar-refractivity contribution in [2.45, 2.75) is 90.0 Å². The highest BCUT2D eigenvalue weighted by Crippen LogP contribution is 2.11. The van der Waals surface area contributed by atoms with Gasteiger partial charge in [-0.15, -0.1) is 0 Å². The van der Waals surface area contributed by atoms with Crippen LogP contribution in [0.2, 0.25) is 0 Å². The first-order valence-corrected chi connectivity index (χ1v) is 13.0. The van der Waals surface area contributed by atoms with Crippen molar-refractivity contribution in [1.29, 1.82) is 0 Å². The first kappa shape index (κ1) is 31.5. The number of carboxylic acid groups (broad SMARTS) is 1. The molecule has 0 aromatic rings. The van der Waals surface area contributed by atoms with Gasteiger partial charge in [-0.2, -0.15) is 0 Å². The summed E-state index contributed by atoms with van der Waals surface area (Å²) in [7, 11) is 5.22. The smallest absolute Gasteiger partial charge is 0.362 e. The van der Waals surface area contributed by atoms with E-state index in [1.807, 2.05) is 0 Å². The van der Waals surface area contributed by atoms with E-state index in [2.05, 4.69) is 25.9 Å². The van der Waals surface area contributed by atoms with Crippen LogP contribution >= 0.6 is 0 Å². The zero-order chi connectivity index (χ0) is 23.6.